The van der Waals surface area contributed by atoms with Crippen LogP contribution in [0.4, 0.5) is 5.69 Å². The molecule has 29 heavy (non-hydrogen) atoms. The average Bonchev–Trinajstić information content (AvgIpc) is 2.97. The lowest BCUT2D eigenvalue weighted by Gasteiger charge is -2.12. The van der Waals surface area contributed by atoms with E-state index in [1.165, 1.54) is 5.56 Å². The molecule has 1 aliphatic rings. The molecule has 1 heterocycles. The van der Waals surface area contributed by atoms with Gasteiger partial charge in [0.1, 0.15) is 5.75 Å². The first kappa shape index (κ1) is 20.6. The van der Waals surface area contributed by atoms with Crippen LogP contribution in [-0.2, 0) is 14.3 Å². The first-order valence-corrected chi connectivity index (χ1v) is 9.63. The number of benzene rings is 2. The van der Waals surface area contributed by atoms with Gasteiger partial charge >= 0.3 is 5.97 Å². The number of rotatable bonds is 7. The number of fused-ring (bicyclic) bond motifs is 1. The summed E-state index contributed by atoms with van der Waals surface area (Å²) in [6.45, 7) is 7.37. The lowest BCUT2D eigenvalue weighted by molar-refractivity contribution is -0.144. The Balaban J connectivity index is 1.52. The number of ether oxygens (including phenoxy) is 2. The molecule has 152 valence electrons. The Morgan fingerprint density at radius 2 is 1.86 bits per heavy atom. The minimum Gasteiger partial charge on any atom is -0.482 e. The third-order valence-corrected chi connectivity index (χ3v) is 5.08. The highest BCUT2D eigenvalue weighted by Crippen LogP contribution is 2.32. The number of nitrogens with one attached hydrogen (secondary N) is 1. The molecule has 0 bridgehead atoms. The summed E-state index contributed by atoms with van der Waals surface area (Å²) in [5.41, 5.74) is 4.21. The predicted molar refractivity (Wildman–Crippen MR) is 110 cm³/mol. The van der Waals surface area contributed by atoms with Crippen LogP contribution in [0.1, 0.15) is 59.7 Å². The zero-order chi connectivity index (χ0) is 21.1. The van der Waals surface area contributed by atoms with Gasteiger partial charge in [0.15, 0.2) is 19.0 Å². The van der Waals surface area contributed by atoms with Gasteiger partial charge < -0.3 is 14.8 Å². The number of hydrogen-bond donors (Lipinski definition) is 1. The number of hydrogen-bond acceptors (Lipinski definition) is 5. The molecule has 1 N–H and O–H groups in total. The van der Waals surface area contributed by atoms with Crippen molar-refractivity contribution in [1.29, 1.82) is 0 Å². The number of carbonyl (C=O) groups excluding carboxylic acids is 3. The second-order valence-corrected chi connectivity index (χ2v) is 7.56. The monoisotopic (exact) mass is 395 g/mol. The molecule has 1 amide bonds. The van der Waals surface area contributed by atoms with Gasteiger partial charge in [-0.1, -0.05) is 19.9 Å². The molecule has 2 aromatic rings. The van der Waals surface area contributed by atoms with Gasteiger partial charge in [0, 0.05) is 11.3 Å². The topological polar surface area (TPSA) is 81.7 Å². The van der Waals surface area contributed by atoms with Gasteiger partial charge in [0.05, 0.1) is 5.92 Å². The molecule has 0 saturated heterocycles. The van der Waals surface area contributed by atoms with E-state index in [-0.39, 0.29) is 30.8 Å². The van der Waals surface area contributed by atoms with Gasteiger partial charge in [0.25, 0.3) is 0 Å². The van der Waals surface area contributed by atoms with Gasteiger partial charge in [-0.05, 0) is 66.8 Å². The number of ketones is 1. The van der Waals surface area contributed by atoms with Crippen LogP contribution in [0.2, 0.25) is 0 Å². The maximum atomic E-state index is 12.3. The predicted octanol–water partition coefficient (Wildman–Crippen LogP) is 3.98. The van der Waals surface area contributed by atoms with Crippen molar-refractivity contribution in [1.82, 2.24) is 0 Å². The van der Waals surface area contributed by atoms with E-state index in [9.17, 15) is 14.4 Å². The van der Waals surface area contributed by atoms with Crippen molar-refractivity contribution in [3.05, 3.63) is 58.7 Å². The Morgan fingerprint density at radius 1 is 1.10 bits per heavy atom. The van der Waals surface area contributed by atoms with Gasteiger partial charge in [-0.25, -0.2) is 4.79 Å². The summed E-state index contributed by atoms with van der Waals surface area (Å²) in [6.07, 6.45) is 0. The number of amides is 1. The molecule has 3 rings (SSSR count). The van der Waals surface area contributed by atoms with Gasteiger partial charge in [0.2, 0.25) is 5.91 Å². The molecule has 6 heteroatoms. The van der Waals surface area contributed by atoms with E-state index < -0.39 is 5.97 Å². The van der Waals surface area contributed by atoms with Gasteiger partial charge in [-0.2, -0.15) is 0 Å². The van der Waals surface area contributed by atoms with E-state index in [1.54, 1.807) is 25.1 Å². The van der Waals surface area contributed by atoms with Gasteiger partial charge in [-0.3, -0.25) is 9.59 Å². The van der Waals surface area contributed by atoms with E-state index >= 15 is 0 Å². The molecule has 1 aliphatic heterocycles. The Kier molecular flexibility index (Phi) is 6.01. The molecule has 1 atom stereocenters. The normalized spacial score (nSPS) is 15.1. The van der Waals surface area contributed by atoms with Crippen LogP contribution >= 0.6 is 0 Å². The van der Waals surface area contributed by atoms with E-state index in [2.05, 4.69) is 19.2 Å². The number of Topliss-reactive ketones (excluding diaryl/α,β-unsaturated/α-hetero) is 1. The summed E-state index contributed by atoms with van der Waals surface area (Å²) in [7, 11) is 0. The first-order chi connectivity index (χ1) is 13.8. The molecule has 0 fully saturated rings. The van der Waals surface area contributed by atoms with Crippen molar-refractivity contribution >= 4 is 23.3 Å². The molecule has 0 saturated carbocycles. The van der Waals surface area contributed by atoms with Crippen LogP contribution in [0.15, 0.2) is 36.4 Å². The maximum absolute atomic E-state index is 12.3. The van der Waals surface area contributed by atoms with Crippen LogP contribution in [0, 0.1) is 6.92 Å². The minimum atomic E-state index is -0.615. The highest BCUT2D eigenvalue weighted by atomic mass is 16.6. The Morgan fingerprint density at radius 3 is 2.55 bits per heavy atom. The fourth-order valence-corrected chi connectivity index (χ4v) is 3.39. The summed E-state index contributed by atoms with van der Waals surface area (Å²) in [5, 5.41) is 2.76. The van der Waals surface area contributed by atoms with Crippen molar-refractivity contribution in [3.63, 3.8) is 0 Å². The summed E-state index contributed by atoms with van der Waals surface area (Å²) < 4.78 is 10.5. The second kappa shape index (κ2) is 8.47. The Bertz CT molecular complexity index is 964. The van der Waals surface area contributed by atoms with E-state index in [1.807, 2.05) is 25.1 Å². The molecular formula is C23H25NO5. The smallest absolute Gasteiger partial charge is 0.344 e. The molecule has 2 aromatic carbocycles. The van der Waals surface area contributed by atoms with Crippen molar-refractivity contribution in [2.45, 2.75) is 39.5 Å². The lowest BCUT2D eigenvalue weighted by Crippen LogP contribution is -2.19. The highest BCUT2D eigenvalue weighted by molar-refractivity contribution is 6.05. The van der Waals surface area contributed by atoms with Crippen molar-refractivity contribution < 1.29 is 23.9 Å². The Labute approximate surface area is 170 Å². The molecule has 0 aliphatic carbocycles. The number of carbonyl (C=O) groups is 3. The van der Waals surface area contributed by atoms with Crippen LogP contribution in [0.25, 0.3) is 0 Å². The third-order valence-electron chi connectivity index (χ3n) is 5.08. The number of aryl methyl sites for hydroxylation is 1. The standard InChI is InChI=1S/C23H25NO5/c1-13(2)18-7-6-17(9-14(18)3)28-12-22(26)29-11-21(25)16-5-8-20-19(10-16)15(4)23(27)24-20/h5-10,13,15H,11-12H2,1-4H3,(H,24,27)/t15-/m1/s1. The Hall–Kier alpha value is -3.15. The van der Waals surface area contributed by atoms with Crippen molar-refractivity contribution in [3.8, 4) is 5.75 Å². The van der Waals surface area contributed by atoms with Crippen LogP contribution in [0.5, 0.6) is 5.75 Å². The third kappa shape index (κ3) is 4.65. The van der Waals surface area contributed by atoms with E-state index in [0.29, 0.717) is 22.9 Å². The lowest BCUT2D eigenvalue weighted by atomic mass is 9.98. The fourth-order valence-electron chi connectivity index (χ4n) is 3.39. The molecule has 6 nitrogen and oxygen atoms in total. The number of esters is 1. The molecule has 0 aromatic heterocycles. The van der Waals surface area contributed by atoms with Crippen molar-refractivity contribution in [2.24, 2.45) is 0 Å². The van der Waals surface area contributed by atoms with Crippen LogP contribution in [0.3, 0.4) is 0 Å². The first-order valence-electron chi connectivity index (χ1n) is 9.63. The van der Waals surface area contributed by atoms with E-state index in [4.69, 9.17) is 9.47 Å². The maximum Gasteiger partial charge on any atom is 0.344 e. The zero-order valence-corrected chi connectivity index (χ0v) is 17.1. The minimum absolute atomic E-state index is 0.0927. The van der Waals surface area contributed by atoms with Crippen LogP contribution in [-0.4, -0.2) is 30.9 Å². The quantitative estimate of drug-likeness (QED) is 0.566. The SMILES string of the molecule is Cc1cc(OCC(=O)OCC(=O)c2ccc3c(c2)[C@@H](C)C(=O)N3)ccc1C(C)C. The second-order valence-electron chi connectivity index (χ2n) is 7.56. The molecule has 0 radical (unpaired) electrons. The summed E-state index contributed by atoms with van der Waals surface area (Å²) in [6, 6.07) is 10.7. The zero-order valence-electron chi connectivity index (χ0n) is 17.1. The van der Waals surface area contributed by atoms with Crippen LogP contribution < -0.4 is 10.1 Å². The summed E-state index contributed by atoms with van der Waals surface area (Å²) >= 11 is 0. The fraction of sp³-hybridized carbons (Fsp3) is 0.348. The number of anilines is 1. The van der Waals surface area contributed by atoms with Gasteiger partial charge in [-0.15, -0.1) is 0 Å². The molecule has 0 spiro atoms. The largest absolute Gasteiger partial charge is 0.482 e. The van der Waals surface area contributed by atoms with E-state index in [0.717, 1.165) is 11.1 Å². The summed E-state index contributed by atoms with van der Waals surface area (Å²) in [4.78, 5) is 36.0. The summed E-state index contributed by atoms with van der Waals surface area (Å²) in [5.74, 6) is -0.347. The van der Waals surface area contributed by atoms with Crippen molar-refractivity contribution in [2.75, 3.05) is 18.5 Å². The highest BCUT2D eigenvalue weighted by Gasteiger charge is 2.27. The average molecular weight is 395 g/mol. The molecule has 0 unspecified atom stereocenters. The molecular weight excluding hydrogens is 370 g/mol.